The molecule has 9 N–H and O–H groups in total. The van der Waals surface area contributed by atoms with E-state index in [0.29, 0.717) is 23.7 Å². The number of aromatic nitrogens is 4. The van der Waals surface area contributed by atoms with Crippen LogP contribution in [0.3, 0.4) is 0 Å². The van der Waals surface area contributed by atoms with Crippen molar-refractivity contribution in [2.24, 2.45) is 5.73 Å². The fourth-order valence-electron chi connectivity index (χ4n) is 3.35. The minimum atomic E-state index is -1.28. The average Bonchev–Trinajstić information content (AvgIpc) is 3.35. The maximum atomic E-state index is 11.8. The first-order valence-corrected chi connectivity index (χ1v) is 10.9. The molecule has 1 aliphatic rings. The minimum Gasteiger partial charge on any atom is -0.481 e. The largest absolute Gasteiger partial charge is 0.481 e. The minimum absolute atomic E-state index is 0.0545. The summed E-state index contributed by atoms with van der Waals surface area (Å²) in [4.78, 5) is 33.8. The molecule has 1 unspecified atom stereocenters. The second-order valence-electron chi connectivity index (χ2n) is 7.60. The number of nitrogens with zero attached hydrogens (tertiary/aromatic N) is 3. The maximum absolute atomic E-state index is 11.8. The Balaban J connectivity index is 1.58. The van der Waals surface area contributed by atoms with Crippen molar-refractivity contribution in [3.05, 3.63) is 23.1 Å². The monoisotopic (exact) mass is 497 g/mol. The Morgan fingerprint density at radius 2 is 2.06 bits per heavy atom. The Hall–Kier alpha value is -2.95. The van der Waals surface area contributed by atoms with Gasteiger partial charge in [-0.25, -0.2) is 9.97 Å². The first-order chi connectivity index (χ1) is 16.2. The molecule has 34 heavy (non-hydrogen) atoms. The van der Waals surface area contributed by atoms with Crippen molar-refractivity contribution < 1.29 is 34.8 Å². The Labute approximate surface area is 198 Å². The number of rotatable bonds is 11. The summed E-state index contributed by atoms with van der Waals surface area (Å²) in [6, 6.07) is -0.889. The van der Waals surface area contributed by atoms with Gasteiger partial charge in [-0.05, 0) is 6.42 Å². The van der Waals surface area contributed by atoms with E-state index in [1.54, 1.807) is 12.2 Å². The van der Waals surface area contributed by atoms with E-state index in [1.807, 2.05) is 0 Å². The van der Waals surface area contributed by atoms with Crippen molar-refractivity contribution in [1.29, 1.82) is 0 Å². The van der Waals surface area contributed by atoms with E-state index in [2.05, 4.69) is 25.6 Å². The van der Waals surface area contributed by atoms with Gasteiger partial charge in [0.05, 0.1) is 19.0 Å². The standard InChI is InChI=1S/C19H27N7O7S/c20-9(3-4-11(28)29)16(32)21-5-1-2-6-22-19-24-15-12(17(34)25-19)23-8-26(15)18-14(31)13(30)10(7-27)33-18/h1-2,8-10,13-14,18,27,30-31H,3-7,20H2,(H,21,32)(H,28,29)(H2,22,24,25,34)/b2-1+/t9?,10-,13-,14-,18-/m1/s1. The quantitative estimate of drug-likeness (QED) is 0.130. The third-order valence-electron chi connectivity index (χ3n) is 5.19. The van der Waals surface area contributed by atoms with Crippen molar-refractivity contribution >= 4 is 41.2 Å². The number of hydrogen-bond acceptors (Lipinski definition) is 11. The van der Waals surface area contributed by atoms with Crippen LogP contribution in [0.2, 0.25) is 0 Å². The molecule has 186 valence electrons. The highest BCUT2D eigenvalue weighted by atomic mass is 32.1. The average molecular weight is 498 g/mol. The van der Waals surface area contributed by atoms with Crippen LogP contribution in [0.25, 0.3) is 11.2 Å². The van der Waals surface area contributed by atoms with Gasteiger partial charge >= 0.3 is 5.97 Å². The molecule has 0 radical (unpaired) electrons. The Bertz CT molecular complexity index is 1100. The highest BCUT2D eigenvalue weighted by Gasteiger charge is 2.43. The van der Waals surface area contributed by atoms with Crippen molar-refractivity contribution in [2.75, 3.05) is 25.0 Å². The number of H-pyrrole nitrogens is 1. The molecule has 15 heteroatoms. The van der Waals surface area contributed by atoms with Crippen LogP contribution in [-0.2, 0) is 14.3 Å². The lowest BCUT2D eigenvalue weighted by atomic mass is 10.1. The van der Waals surface area contributed by atoms with Gasteiger partial charge in [0.2, 0.25) is 11.9 Å². The number of carboxylic acid groups (broad SMARTS) is 1. The predicted octanol–water partition coefficient (Wildman–Crippen LogP) is -1.62. The molecule has 0 aliphatic carbocycles. The number of aromatic amines is 1. The summed E-state index contributed by atoms with van der Waals surface area (Å²) in [7, 11) is 0. The SMILES string of the molecule is NC(CCC(=O)O)C(=O)NC/C=C/CNc1nc(=S)c2ncn([C@@H]3O[C@H](CO)[C@@H](O)[C@H]3O)c2[nH]1. The van der Waals surface area contributed by atoms with Crippen LogP contribution >= 0.6 is 12.2 Å². The van der Waals surface area contributed by atoms with Crippen molar-refractivity contribution in [3.8, 4) is 0 Å². The number of carbonyl (C=O) groups is 2. The molecule has 1 saturated heterocycles. The highest BCUT2D eigenvalue weighted by molar-refractivity contribution is 7.71. The van der Waals surface area contributed by atoms with E-state index >= 15 is 0 Å². The van der Waals surface area contributed by atoms with Gasteiger partial charge in [-0.15, -0.1) is 0 Å². The van der Waals surface area contributed by atoms with E-state index in [-0.39, 0.29) is 24.0 Å². The molecular formula is C19H27N7O7S. The molecule has 0 bridgehead atoms. The Morgan fingerprint density at radius 1 is 1.32 bits per heavy atom. The summed E-state index contributed by atoms with van der Waals surface area (Å²) < 4.78 is 7.23. The number of hydrogen-bond donors (Lipinski definition) is 8. The van der Waals surface area contributed by atoms with Gasteiger partial charge in [-0.2, -0.15) is 0 Å². The number of nitrogens with one attached hydrogen (secondary N) is 3. The third kappa shape index (κ3) is 5.94. The summed E-state index contributed by atoms with van der Waals surface area (Å²) in [5.41, 5.74) is 6.41. The van der Waals surface area contributed by atoms with Gasteiger partial charge < -0.3 is 46.5 Å². The fourth-order valence-corrected chi connectivity index (χ4v) is 3.59. The fraction of sp³-hybridized carbons (Fsp3) is 0.526. The Morgan fingerprint density at radius 3 is 2.74 bits per heavy atom. The molecule has 5 atom stereocenters. The number of anilines is 1. The second kappa shape index (κ2) is 11.5. The summed E-state index contributed by atoms with van der Waals surface area (Å²) >= 11 is 5.29. The van der Waals surface area contributed by atoms with Gasteiger partial charge in [-0.3, -0.25) is 14.2 Å². The Kier molecular flexibility index (Phi) is 8.65. The lowest BCUT2D eigenvalue weighted by Crippen LogP contribution is -2.40. The van der Waals surface area contributed by atoms with Crippen LogP contribution < -0.4 is 16.4 Å². The molecule has 1 fully saturated rings. The van der Waals surface area contributed by atoms with Gasteiger partial charge in [-0.1, -0.05) is 24.4 Å². The summed E-state index contributed by atoms with van der Waals surface area (Å²) in [6.45, 7) is 0.0846. The number of nitrogens with two attached hydrogens (primary N) is 1. The smallest absolute Gasteiger partial charge is 0.303 e. The van der Waals surface area contributed by atoms with E-state index in [4.69, 9.17) is 27.8 Å². The number of amides is 1. The zero-order valence-corrected chi connectivity index (χ0v) is 18.8. The van der Waals surface area contributed by atoms with E-state index in [9.17, 15) is 24.9 Å². The summed E-state index contributed by atoms with van der Waals surface area (Å²) in [6.07, 6.45) is 0.233. The molecule has 0 spiro atoms. The van der Waals surface area contributed by atoms with Crippen molar-refractivity contribution in [2.45, 2.75) is 43.4 Å². The van der Waals surface area contributed by atoms with Crippen LogP contribution in [0.15, 0.2) is 18.5 Å². The van der Waals surface area contributed by atoms with Crippen LogP contribution in [-0.4, -0.2) is 95.9 Å². The topological polar surface area (TPSA) is 221 Å². The normalized spacial score (nSPS) is 23.4. The van der Waals surface area contributed by atoms with E-state index in [0.717, 1.165) is 0 Å². The molecule has 0 aromatic carbocycles. The number of aliphatic carboxylic acids is 1. The number of carbonyl (C=O) groups excluding carboxylic acids is 1. The molecule has 2 aromatic rings. The van der Waals surface area contributed by atoms with Crippen LogP contribution in [0.4, 0.5) is 5.95 Å². The molecule has 1 aliphatic heterocycles. The summed E-state index contributed by atoms with van der Waals surface area (Å²) in [5.74, 6) is -1.13. The van der Waals surface area contributed by atoms with E-state index < -0.39 is 49.1 Å². The van der Waals surface area contributed by atoms with E-state index in [1.165, 1.54) is 10.9 Å². The third-order valence-corrected chi connectivity index (χ3v) is 5.48. The maximum Gasteiger partial charge on any atom is 0.303 e. The number of ether oxygens (including phenoxy) is 1. The molecule has 3 heterocycles. The molecular weight excluding hydrogens is 470 g/mol. The zero-order valence-electron chi connectivity index (χ0n) is 18.0. The lowest BCUT2D eigenvalue weighted by molar-refractivity contribution is -0.137. The molecule has 14 nitrogen and oxygen atoms in total. The summed E-state index contributed by atoms with van der Waals surface area (Å²) in [5, 5.41) is 43.9. The number of aliphatic hydroxyl groups excluding tert-OH is 3. The van der Waals surface area contributed by atoms with Crippen molar-refractivity contribution in [1.82, 2.24) is 24.8 Å². The van der Waals surface area contributed by atoms with Crippen LogP contribution in [0, 0.1) is 4.64 Å². The number of imidazole rings is 1. The van der Waals surface area contributed by atoms with Crippen molar-refractivity contribution in [3.63, 3.8) is 0 Å². The second-order valence-corrected chi connectivity index (χ2v) is 7.99. The van der Waals surface area contributed by atoms with Crippen LogP contribution in [0.5, 0.6) is 0 Å². The number of aliphatic hydroxyl groups is 3. The van der Waals surface area contributed by atoms with Gasteiger partial charge in [0, 0.05) is 19.5 Å². The first-order valence-electron chi connectivity index (χ1n) is 10.5. The number of carboxylic acids is 1. The first kappa shape index (κ1) is 25.7. The zero-order chi connectivity index (χ0) is 24.8. The lowest BCUT2D eigenvalue weighted by Gasteiger charge is -2.17. The van der Waals surface area contributed by atoms with Crippen LogP contribution in [0.1, 0.15) is 19.1 Å². The van der Waals surface area contributed by atoms with Gasteiger partial charge in [0.15, 0.2) is 10.9 Å². The molecule has 2 aromatic heterocycles. The highest BCUT2D eigenvalue weighted by Crippen LogP contribution is 2.31. The predicted molar refractivity (Wildman–Crippen MR) is 121 cm³/mol. The molecule has 0 saturated carbocycles. The molecule has 1 amide bonds. The number of fused-ring (bicyclic) bond motifs is 1. The van der Waals surface area contributed by atoms with Gasteiger partial charge in [0.25, 0.3) is 0 Å². The van der Waals surface area contributed by atoms with Gasteiger partial charge in [0.1, 0.15) is 29.5 Å². The molecule has 3 rings (SSSR count).